The summed E-state index contributed by atoms with van der Waals surface area (Å²) in [5.41, 5.74) is 2.29. The second kappa shape index (κ2) is 8.39. The zero-order valence-electron chi connectivity index (χ0n) is 12.9. The van der Waals surface area contributed by atoms with Gasteiger partial charge in [-0.05, 0) is 23.3 Å². The minimum Gasteiger partial charge on any atom is -0.480 e. The van der Waals surface area contributed by atoms with Gasteiger partial charge in [-0.3, -0.25) is 0 Å². The second-order valence-electron chi connectivity index (χ2n) is 5.14. The Bertz CT molecular complexity index is 732. The van der Waals surface area contributed by atoms with Crippen molar-refractivity contribution >= 4 is 12.1 Å². The van der Waals surface area contributed by atoms with Crippen LogP contribution in [0.25, 0.3) is 0 Å². The van der Waals surface area contributed by atoms with Crippen LogP contribution >= 0.6 is 0 Å². The SMILES string of the molecule is C#Cc1ccc(C[C@@H](NC(=O)OCc2ccccc2)C(=O)O)cc1. The number of alkyl carbamates (subject to hydrolysis) is 1. The van der Waals surface area contributed by atoms with E-state index in [4.69, 9.17) is 11.2 Å². The molecule has 5 nitrogen and oxygen atoms in total. The van der Waals surface area contributed by atoms with Crippen molar-refractivity contribution in [2.75, 3.05) is 0 Å². The fraction of sp³-hybridized carbons (Fsp3) is 0.158. The molecule has 0 unspecified atom stereocenters. The van der Waals surface area contributed by atoms with Crippen LogP contribution in [0.2, 0.25) is 0 Å². The molecular formula is C19H17NO4. The van der Waals surface area contributed by atoms with E-state index in [2.05, 4.69) is 11.2 Å². The number of terminal acetylenes is 1. The Balaban J connectivity index is 1.91. The Kier molecular flexibility index (Phi) is 5.98. The van der Waals surface area contributed by atoms with E-state index < -0.39 is 18.1 Å². The summed E-state index contributed by atoms with van der Waals surface area (Å²) in [4.78, 5) is 23.1. The summed E-state index contributed by atoms with van der Waals surface area (Å²) in [6.45, 7) is 0.0792. The first-order valence-corrected chi connectivity index (χ1v) is 7.34. The number of amides is 1. The molecule has 1 atom stereocenters. The average Bonchev–Trinajstić information content (AvgIpc) is 2.61. The van der Waals surface area contributed by atoms with Crippen molar-refractivity contribution in [2.24, 2.45) is 0 Å². The molecule has 0 heterocycles. The summed E-state index contributed by atoms with van der Waals surface area (Å²) in [6, 6.07) is 15.0. The third-order valence-corrected chi connectivity index (χ3v) is 3.36. The lowest BCUT2D eigenvalue weighted by Gasteiger charge is -2.15. The molecule has 0 aliphatic rings. The van der Waals surface area contributed by atoms with Crippen LogP contribution in [0.15, 0.2) is 54.6 Å². The van der Waals surface area contributed by atoms with Crippen LogP contribution in [-0.4, -0.2) is 23.2 Å². The smallest absolute Gasteiger partial charge is 0.408 e. The van der Waals surface area contributed by atoms with Crippen LogP contribution in [0, 0.1) is 12.3 Å². The van der Waals surface area contributed by atoms with Gasteiger partial charge < -0.3 is 15.2 Å². The van der Waals surface area contributed by atoms with Crippen LogP contribution in [-0.2, 0) is 22.6 Å². The van der Waals surface area contributed by atoms with Crippen LogP contribution in [0.4, 0.5) is 4.79 Å². The molecule has 0 aliphatic heterocycles. The minimum absolute atomic E-state index is 0.0792. The molecule has 2 N–H and O–H groups in total. The van der Waals surface area contributed by atoms with Crippen molar-refractivity contribution in [3.05, 3.63) is 71.3 Å². The molecule has 1 amide bonds. The van der Waals surface area contributed by atoms with Gasteiger partial charge in [0.15, 0.2) is 0 Å². The van der Waals surface area contributed by atoms with Gasteiger partial charge in [0.25, 0.3) is 0 Å². The summed E-state index contributed by atoms with van der Waals surface area (Å²) in [7, 11) is 0. The normalized spacial score (nSPS) is 11.1. The van der Waals surface area contributed by atoms with Crippen molar-refractivity contribution in [3.8, 4) is 12.3 Å². The highest BCUT2D eigenvalue weighted by atomic mass is 16.5. The predicted molar refractivity (Wildman–Crippen MR) is 89.3 cm³/mol. The average molecular weight is 323 g/mol. The van der Waals surface area contributed by atoms with E-state index in [0.29, 0.717) is 5.56 Å². The van der Waals surface area contributed by atoms with E-state index >= 15 is 0 Å². The molecule has 0 fully saturated rings. The molecule has 5 heteroatoms. The standard InChI is InChI=1S/C19H17NO4/c1-2-14-8-10-15(11-9-14)12-17(18(21)22)20-19(23)24-13-16-6-4-3-5-7-16/h1,3-11,17H,12-13H2,(H,20,23)(H,21,22)/t17-/m1/s1. The van der Waals surface area contributed by atoms with Crippen LogP contribution in [0.5, 0.6) is 0 Å². The van der Waals surface area contributed by atoms with Gasteiger partial charge in [-0.15, -0.1) is 6.42 Å². The molecule has 2 aromatic carbocycles. The predicted octanol–water partition coefficient (Wildman–Crippen LogP) is 2.59. The summed E-state index contributed by atoms with van der Waals surface area (Å²) < 4.78 is 5.04. The van der Waals surface area contributed by atoms with Crippen molar-refractivity contribution in [3.63, 3.8) is 0 Å². The van der Waals surface area contributed by atoms with E-state index in [9.17, 15) is 14.7 Å². The molecule has 24 heavy (non-hydrogen) atoms. The number of carboxylic acid groups (broad SMARTS) is 1. The fourth-order valence-electron chi connectivity index (χ4n) is 2.08. The first kappa shape index (κ1) is 17.1. The number of benzene rings is 2. The van der Waals surface area contributed by atoms with Crippen LogP contribution < -0.4 is 5.32 Å². The first-order chi connectivity index (χ1) is 11.6. The highest BCUT2D eigenvalue weighted by Crippen LogP contribution is 2.07. The van der Waals surface area contributed by atoms with Gasteiger partial charge in [0, 0.05) is 12.0 Å². The van der Waals surface area contributed by atoms with Crippen molar-refractivity contribution in [1.29, 1.82) is 0 Å². The molecule has 0 aromatic heterocycles. The van der Waals surface area contributed by atoms with Crippen molar-refractivity contribution in [2.45, 2.75) is 19.1 Å². The van der Waals surface area contributed by atoms with E-state index in [-0.39, 0.29) is 13.0 Å². The minimum atomic E-state index is -1.13. The maximum Gasteiger partial charge on any atom is 0.408 e. The molecule has 0 spiro atoms. The van der Waals surface area contributed by atoms with Gasteiger partial charge in [-0.2, -0.15) is 0 Å². The topological polar surface area (TPSA) is 75.6 Å². The number of carbonyl (C=O) groups is 2. The summed E-state index contributed by atoms with van der Waals surface area (Å²) >= 11 is 0. The zero-order chi connectivity index (χ0) is 17.4. The summed E-state index contributed by atoms with van der Waals surface area (Å²) in [6.07, 6.45) is 4.65. The zero-order valence-corrected chi connectivity index (χ0v) is 12.9. The molecule has 0 saturated carbocycles. The number of carbonyl (C=O) groups excluding carboxylic acids is 1. The lowest BCUT2D eigenvalue weighted by Crippen LogP contribution is -2.42. The van der Waals surface area contributed by atoms with E-state index in [1.165, 1.54) is 0 Å². The van der Waals surface area contributed by atoms with Crippen molar-refractivity contribution < 1.29 is 19.4 Å². The largest absolute Gasteiger partial charge is 0.480 e. The maximum absolute atomic E-state index is 11.8. The number of hydrogen-bond donors (Lipinski definition) is 2. The third-order valence-electron chi connectivity index (χ3n) is 3.36. The Labute approximate surface area is 140 Å². The fourth-order valence-corrected chi connectivity index (χ4v) is 2.08. The van der Waals surface area contributed by atoms with E-state index in [0.717, 1.165) is 11.1 Å². The van der Waals surface area contributed by atoms with E-state index in [1.54, 1.807) is 24.3 Å². The maximum atomic E-state index is 11.8. The summed E-state index contributed by atoms with van der Waals surface area (Å²) in [5, 5.41) is 11.6. The number of ether oxygens (including phenoxy) is 1. The lowest BCUT2D eigenvalue weighted by molar-refractivity contribution is -0.139. The van der Waals surface area contributed by atoms with Gasteiger partial charge in [0.1, 0.15) is 12.6 Å². The van der Waals surface area contributed by atoms with Gasteiger partial charge in [-0.25, -0.2) is 9.59 Å². The molecule has 0 aliphatic carbocycles. The van der Waals surface area contributed by atoms with Gasteiger partial charge in [-0.1, -0.05) is 48.4 Å². The molecule has 0 saturated heterocycles. The Morgan fingerprint density at radius 1 is 1.08 bits per heavy atom. The number of nitrogens with one attached hydrogen (secondary N) is 1. The lowest BCUT2D eigenvalue weighted by atomic mass is 10.0. The number of rotatable bonds is 6. The highest BCUT2D eigenvalue weighted by molar-refractivity contribution is 5.80. The Morgan fingerprint density at radius 2 is 1.75 bits per heavy atom. The number of carboxylic acids is 1. The molecule has 2 aromatic rings. The monoisotopic (exact) mass is 323 g/mol. The second-order valence-corrected chi connectivity index (χ2v) is 5.14. The molecule has 2 rings (SSSR count). The van der Waals surface area contributed by atoms with E-state index in [1.807, 2.05) is 30.3 Å². The van der Waals surface area contributed by atoms with Crippen LogP contribution in [0.1, 0.15) is 16.7 Å². The Hall–Kier alpha value is -3.26. The molecule has 0 bridgehead atoms. The summed E-state index contributed by atoms with van der Waals surface area (Å²) in [5.74, 6) is 1.36. The quantitative estimate of drug-likeness (QED) is 0.801. The first-order valence-electron chi connectivity index (χ1n) is 7.34. The highest BCUT2D eigenvalue weighted by Gasteiger charge is 2.21. The molecular weight excluding hydrogens is 306 g/mol. The molecule has 0 radical (unpaired) electrons. The van der Waals surface area contributed by atoms with Crippen LogP contribution in [0.3, 0.4) is 0 Å². The molecule has 122 valence electrons. The Morgan fingerprint density at radius 3 is 2.33 bits per heavy atom. The number of aliphatic carboxylic acids is 1. The number of hydrogen-bond acceptors (Lipinski definition) is 3. The van der Waals surface area contributed by atoms with Gasteiger partial charge in [0.2, 0.25) is 0 Å². The van der Waals surface area contributed by atoms with Crippen molar-refractivity contribution in [1.82, 2.24) is 5.32 Å². The van der Waals surface area contributed by atoms with Gasteiger partial charge in [0.05, 0.1) is 0 Å². The van der Waals surface area contributed by atoms with Gasteiger partial charge >= 0.3 is 12.1 Å². The third kappa shape index (κ3) is 5.18.